The maximum Gasteiger partial charge on any atom is 0.352 e. The van der Waals surface area contributed by atoms with Gasteiger partial charge in [-0.1, -0.05) is 41.0 Å². The van der Waals surface area contributed by atoms with Crippen LogP contribution >= 0.6 is 58.1 Å². The fourth-order valence-corrected chi connectivity index (χ4v) is 7.64. The SMILES string of the molecule is O=C(Cc1cccs1)NC1C(=O)N2C(C(=O)O)=C(COc3ccc(Cl)cc3Sc3cc(Cl)ccc3O)CS[C@H]12. The van der Waals surface area contributed by atoms with Crippen LogP contribution in [0.3, 0.4) is 0 Å². The second kappa shape index (κ2) is 11.7. The molecule has 202 valence electrons. The van der Waals surface area contributed by atoms with Gasteiger partial charge in [0.2, 0.25) is 5.91 Å². The molecular formula is C26H20Cl2N2O6S3. The van der Waals surface area contributed by atoms with Crippen LogP contribution < -0.4 is 10.1 Å². The number of benzene rings is 2. The van der Waals surface area contributed by atoms with Crippen molar-refractivity contribution >= 4 is 75.8 Å². The molecule has 1 unspecified atom stereocenters. The lowest BCUT2D eigenvalue weighted by atomic mass is 10.0. The molecule has 0 saturated carbocycles. The minimum Gasteiger partial charge on any atom is -0.507 e. The van der Waals surface area contributed by atoms with Gasteiger partial charge in [-0.25, -0.2) is 4.79 Å². The summed E-state index contributed by atoms with van der Waals surface area (Å²) in [4.78, 5) is 40.8. The zero-order chi connectivity index (χ0) is 27.7. The number of hydrogen-bond donors (Lipinski definition) is 3. The van der Waals surface area contributed by atoms with E-state index in [1.165, 1.54) is 45.8 Å². The molecule has 3 heterocycles. The molecule has 8 nitrogen and oxygen atoms in total. The molecule has 0 aliphatic carbocycles. The molecule has 5 rings (SSSR count). The number of ether oxygens (including phenoxy) is 1. The molecule has 0 radical (unpaired) electrons. The van der Waals surface area contributed by atoms with E-state index >= 15 is 0 Å². The van der Waals surface area contributed by atoms with Gasteiger partial charge in [0, 0.05) is 26.2 Å². The number of thioether (sulfide) groups is 1. The summed E-state index contributed by atoms with van der Waals surface area (Å²) in [6.07, 6.45) is 0.161. The van der Waals surface area contributed by atoms with Gasteiger partial charge in [0.15, 0.2) is 0 Å². The van der Waals surface area contributed by atoms with Crippen LogP contribution in [0.4, 0.5) is 0 Å². The number of aliphatic carboxylic acids is 1. The number of fused-ring (bicyclic) bond motifs is 1. The van der Waals surface area contributed by atoms with E-state index in [4.69, 9.17) is 27.9 Å². The van der Waals surface area contributed by atoms with Crippen LogP contribution in [-0.4, -0.2) is 56.7 Å². The van der Waals surface area contributed by atoms with Crippen LogP contribution in [0.5, 0.6) is 11.5 Å². The van der Waals surface area contributed by atoms with Gasteiger partial charge in [-0.2, -0.15) is 0 Å². The monoisotopic (exact) mass is 622 g/mol. The Kier molecular flexibility index (Phi) is 8.34. The smallest absolute Gasteiger partial charge is 0.352 e. The maximum absolute atomic E-state index is 12.9. The van der Waals surface area contributed by atoms with Crippen LogP contribution in [0.1, 0.15) is 4.88 Å². The van der Waals surface area contributed by atoms with Crippen LogP contribution in [-0.2, 0) is 20.8 Å². The first-order valence-corrected chi connectivity index (χ1v) is 15.0. The minimum absolute atomic E-state index is 0.0363. The molecule has 2 amide bonds. The Labute approximate surface area is 245 Å². The molecule has 1 aromatic heterocycles. The first-order chi connectivity index (χ1) is 18.7. The Morgan fingerprint density at radius 2 is 1.87 bits per heavy atom. The third-order valence-corrected chi connectivity index (χ3v) is 9.70. The van der Waals surface area contributed by atoms with Crippen molar-refractivity contribution in [2.75, 3.05) is 12.4 Å². The maximum atomic E-state index is 12.9. The first-order valence-electron chi connectivity index (χ1n) is 11.5. The number of β-lactam (4-membered cyclic amide) rings is 1. The highest BCUT2D eigenvalue weighted by molar-refractivity contribution is 8.00. The summed E-state index contributed by atoms with van der Waals surface area (Å²) in [6, 6.07) is 12.5. The summed E-state index contributed by atoms with van der Waals surface area (Å²) in [5.74, 6) is -1.25. The van der Waals surface area contributed by atoms with Gasteiger partial charge in [-0.3, -0.25) is 14.5 Å². The highest BCUT2D eigenvalue weighted by Crippen LogP contribution is 2.43. The first kappa shape index (κ1) is 27.7. The number of amides is 2. The summed E-state index contributed by atoms with van der Waals surface area (Å²) in [6.45, 7) is -0.0861. The van der Waals surface area contributed by atoms with Gasteiger partial charge in [0.05, 0.1) is 16.2 Å². The number of carboxylic acids is 1. The van der Waals surface area contributed by atoms with E-state index in [-0.39, 0.29) is 30.4 Å². The largest absolute Gasteiger partial charge is 0.507 e. The lowest BCUT2D eigenvalue weighted by molar-refractivity contribution is -0.150. The van der Waals surface area contributed by atoms with Crippen LogP contribution in [0.15, 0.2) is 75.0 Å². The summed E-state index contributed by atoms with van der Waals surface area (Å²) < 4.78 is 6.01. The van der Waals surface area contributed by atoms with Gasteiger partial charge in [0.25, 0.3) is 5.91 Å². The average molecular weight is 624 g/mol. The third kappa shape index (κ3) is 6.02. The van der Waals surface area contributed by atoms with Crippen molar-refractivity contribution in [3.8, 4) is 11.5 Å². The standard InChI is InChI=1S/C26H20Cl2N2O6S3/c27-14-3-5-17(31)19(8-14)39-20-9-15(28)4-6-18(20)36-11-13-12-38-25-22(24(33)30(25)23(13)26(34)35)29-21(32)10-16-2-1-7-37-16/h1-9,22,25,31H,10-12H2,(H,29,32)(H,34,35)/t22?,25-/m1/s1. The van der Waals surface area contributed by atoms with Crippen molar-refractivity contribution in [1.29, 1.82) is 0 Å². The van der Waals surface area contributed by atoms with E-state index in [1.807, 2.05) is 17.5 Å². The lowest BCUT2D eigenvalue weighted by Gasteiger charge is -2.49. The molecule has 2 aliphatic heterocycles. The molecule has 0 bridgehead atoms. The number of carboxylic acid groups (broad SMARTS) is 1. The van der Waals surface area contributed by atoms with Crippen molar-refractivity contribution in [3.05, 3.63) is 80.1 Å². The Morgan fingerprint density at radius 1 is 1.13 bits per heavy atom. The number of hydrogen-bond acceptors (Lipinski definition) is 8. The molecule has 0 spiro atoms. The quantitative estimate of drug-likeness (QED) is 0.276. The van der Waals surface area contributed by atoms with Crippen LogP contribution in [0.25, 0.3) is 0 Å². The van der Waals surface area contributed by atoms with Crippen molar-refractivity contribution < 1.29 is 29.3 Å². The number of nitrogens with zero attached hydrogens (tertiary/aromatic N) is 1. The molecule has 1 fully saturated rings. The number of aromatic hydroxyl groups is 1. The Hall–Kier alpha value is -2.83. The zero-order valence-corrected chi connectivity index (χ0v) is 23.9. The Bertz CT molecular complexity index is 1480. The van der Waals surface area contributed by atoms with E-state index in [2.05, 4.69) is 5.32 Å². The number of thiophene rings is 1. The number of carbonyl (C=O) groups excluding carboxylic acids is 2. The second-order valence-corrected chi connectivity index (χ2v) is 12.7. The van der Waals surface area contributed by atoms with Crippen LogP contribution in [0, 0.1) is 0 Å². The minimum atomic E-state index is -1.25. The van der Waals surface area contributed by atoms with Crippen LogP contribution in [0.2, 0.25) is 10.0 Å². The predicted octanol–water partition coefficient (Wildman–Crippen LogP) is 5.27. The highest BCUT2D eigenvalue weighted by atomic mass is 35.5. The highest BCUT2D eigenvalue weighted by Gasteiger charge is 2.54. The van der Waals surface area contributed by atoms with E-state index in [0.29, 0.717) is 36.9 Å². The second-order valence-electron chi connectivity index (χ2n) is 8.56. The summed E-state index contributed by atoms with van der Waals surface area (Å²) >= 11 is 16.3. The van der Waals surface area contributed by atoms with Crippen molar-refractivity contribution in [1.82, 2.24) is 10.2 Å². The zero-order valence-electron chi connectivity index (χ0n) is 19.9. The lowest BCUT2D eigenvalue weighted by Crippen LogP contribution is -2.70. The summed E-state index contributed by atoms with van der Waals surface area (Å²) in [7, 11) is 0. The average Bonchev–Trinajstić information content (AvgIpc) is 3.41. The molecule has 39 heavy (non-hydrogen) atoms. The molecule has 2 atom stereocenters. The fourth-order valence-electron chi connectivity index (χ4n) is 4.12. The number of carbonyl (C=O) groups is 3. The van der Waals surface area contributed by atoms with E-state index in [0.717, 1.165) is 4.88 Å². The molecule has 3 aromatic rings. The fraction of sp³-hybridized carbons (Fsp3) is 0.192. The van der Waals surface area contributed by atoms with E-state index in [9.17, 15) is 24.6 Å². The predicted molar refractivity (Wildman–Crippen MR) is 152 cm³/mol. The molecule has 3 N–H and O–H groups in total. The van der Waals surface area contributed by atoms with Gasteiger partial charge >= 0.3 is 5.97 Å². The van der Waals surface area contributed by atoms with Gasteiger partial charge < -0.3 is 20.3 Å². The summed E-state index contributed by atoms with van der Waals surface area (Å²) in [5, 5.41) is 25.2. The number of halogens is 2. The molecular weight excluding hydrogens is 603 g/mol. The molecule has 2 aromatic carbocycles. The van der Waals surface area contributed by atoms with Crippen molar-refractivity contribution in [3.63, 3.8) is 0 Å². The molecule has 13 heteroatoms. The van der Waals surface area contributed by atoms with Gasteiger partial charge in [-0.15, -0.1) is 23.1 Å². The molecule has 1 saturated heterocycles. The number of phenolic OH excluding ortho intramolecular Hbond substituents is 1. The number of nitrogens with one attached hydrogen (secondary N) is 1. The van der Waals surface area contributed by atoms with Crippen molar-refractivity contribution in [2.24, 2.45) is 0 Å². The van der Waals surface area contributed by atoms with Gasteiger partial charge in [-0.05, 0) is 47.8 Å². The number of phenols is 1. The Morgan fingerprint density at radius 3 is 2.59 bits per heavy atom. The third-order valence-electron chi connectivity index (χ3n) is 5.93. The summed E-state index contributed by atoms with van der Waals surface area (Å²) in [5.41, 5.74) is 0.292. The topological polar surface area (TPSA) is 116 Å². The van der Waals surface area contributed by atoms with E-state index in [1.54, 1.807) is 30.3 Å². The normalized spacial score (nSPS) is 18.4. The molecule has 2 aliphatic rings. The van der Waals surface area contributed by atoms with Crippen molar-refractivity contribution in [2.45, 2.75) is 27.6 Å². The van der Waals surface area contributed by atoms with E-state index < -0.39 is 23.3 Å². The van der Waals surface area contributed by atoms with Gasteiger partial charge in [0.1, 0.15) is 35.2 Å². The number of rotatable bonds is 9. The Balaban J connectivity index is 1.31.